The van der Waals surface area contributed by atoms with Gasteiger partial charge in [-0.2, -0.15) is 0 Å². The van der Waals surface area contributed by atoms with Crippen LogP contribution >= 0.6 is 27.5 Å². The molecule has 2 aromatic carbocycles. The molecule has 0 N–H and O–H groups in total. The maximum Gasteiger partial charge on any atom is 0.119 e. The highest BCUT2D eigenvalue weighted by atomic mass is 79.9. The van der Waals surface area contributed by atoms with Gasteiger partial charge < -0.3 is 4.74 Å². The summed E-state index contributed by atoms with van der Waals surface area (Å²) in [5.74, 6) is 0.935. The molecule has 1 atom stereocenters. The lowest BCUT2D eigenvalue weighted by Gasteiger charge is -2.12. The number of rotatable bonds is 7. The first-order valence-corrected chi connectivity index (χ1v) is 8.60. The van der Waals surface area contributed by atoms with Crippen LogP contribution in [-0.2, 0) is 6.42 Å². The van der Waals surface area contributed by atoms with Crippen molar-refractivity contribution >= 4 is 27.5 Å². The number of hydrogen-bond acceptors (Lipinski definition) is 1. The molecule has 21 heavy (non-hydrogen) atoms. The average molecular weight is 368 g/mol. The van der Waals surface area contributed by atoms with Crippen LogP contribution in [0.1, 0.15) is 35.7 Å². The number of halogens is 2. The predicted octanol–water partition coefficient (Wildman–Crippen LogP) is 6.20. The second kappa shape index (κ2) is 8.45. The van der Waals surface area contributed by atoms with Gasteiger partial charge in [0.15, 0.2) is 0 Å². The Labute approximate surface area is 140 Å². The molecule has 3 heteroatoms. The zero-order valence-corrected chi connectivity index (χ0v) is 14.5. The molecule has 1 nitrogen and oxygen atoms in total. The van der Waals surface area contributed by atoms with Crippen molar-refractivity contribution in [2.75, 3.05) is 6.61 Å². The fourth-order valence-electron chi connectivity index (χ4n) is 2.08. The quantitative estimate of drug-likeness (QED) is 0.418. The third-order valence-corrected chi connectivity index (χ3v) is 4.59. The topological polar surface area (TPSA) is 9.23 Å². The summed E-state index contributed by atoms with van der Waals surface area (Å²) in [4.78, 5) is 0.252. The van der Waals surface area contributed by atoms with E-state index in [4.69, 9.17) is 16.3 Å². The minimum atomic E-state index is 0.252. The van der Waals surface area contributed by atoms with E-state index in [0.717, 1.165) is 42.2 Å². The Kier molecular flexibility index (Phi) is 6.59. The van der Waals surface area contributed by atoms with Gasteiger partial charge in [0.25, 0.3) is 0 Å². The minimum Gasteiger partial charge on any atom is -0.494 e. The molecule has 0 amide bonds. The molecule has 0 saturated carbocycles. The first kappa shape index (κ1) is 16.4. The lowest BCUT2D eigenvalue weighted by atomic mass is 10.0. The highest BCUT2D eigenvalue weighted by Crippen LogP contribution is 2.30. The van der Waals surface area contributed by atoms with E-state index in [0.29, 0.717) is 0 Å². The Bertz CT molecular complexity index is 553. The highest BCUT2D eigenvalue weighted by Gasteiger charge is 2.10. The normalized spacial score (nSPS) is 12.1. The molecular formula is C18H20BrClO. The van der Waals surface area contributed by atoms with Gasteiger partial charge in [0.1, 0.15) is 5.75 Å². The standard InChI is InChI=1S/C18H20BrClO/c1-2-3-12-21-16-10-8-14(9-11-16)17(19)13-15-6-4-5-7-18(15)20/h4-11,17H,2-3,12-13H2,1H3. The zero-order valence-electron chi connectivity index (χ0n) is 12.2. The molecule has 2 aromatic rings. The van der Waals surface area contributed by atoms with Crippen molar-refractivity contribution in [2.45, 2.75) is 31.0 Å². The van der Waals surface area contributed by atoms with Gasteiger partial charge >= 0.3 is 0 Å². The summed E-state index contributed by atoms with van der Waals surface area (Å²) in [7, 11) is 0. The van der Waals surface area contributed by atoms with Crippen molar-refractivity contribution in [3.05, 3.63) is 64.7 Å². The summed E-state index contributed by atoms with van der Waals surface area (Å²) in [6, 6.07) is 16.3. The van der Waals surface area contributed by atoms with Crippen LogP contribution in [0.2, 0.25) is 5.02 Å². The summed E-state index contributed by atoms with van der Waals surface area (Å²) >= 11 is 9.96. The predicted molar refractivity (Wildman–Crippen MR) is 93.7 cm³/mol. The molecule has 0 aliphatic heterocycles. The number of unbranched alkanes of at least 4 members (excludes halogenated alkanes) is 1. The van der Waals surface area contributed by atoms with Crippen molar-refractivity contribution in [3.8, 4) is 5.75 Å². The highest BCUT2D eigenvalue weighted by molar-refractivity contribution is 9.09. The van der Waals surface area contributed by atoms with Crippen LogP contribution in [0.3, 0.4) is 0 Å². The number of hydrogen-bond donors (Lipinski definition) is 0. The maximum atomic E-state index is 6.21. The molecule has 1 unspecified atom stereocenters. The lowest BCUT2D eigenvalue weighted by Crippen LogP contribution is -1.98. The fourth-order valence-corrected chi connectivity index (χ4v) is 2.95. The fraction of sp³-hybridized carbons (Fsp3) is 0.333. The van der Waals surface area contributed by atoms with E-state index < -0.39 is 0 Å². The summed E-state index contributed by atoms with van der Waals surface area (Å²) in [6.07, 6.45) is 3.12. The van der Waals surface area contributed by atoms with Gasteiger partial charge in [-0.15, -0.1) is 0 Å². The van der Waals surface area contributed by atoms with E-state index >= 15 is 0 Å². The van der Waals surface area contributed by atoms with Crippen molar-refractivity contribution in [3.63, 3.8) is 0 Å². The second-order valence-electron chi connectivity index (χ2n) is 5.03. The zero-order chi connectivity index (χ0) is 15.1. The van der Waals surface area contributed by atoms with E-state index in [1.807, 2.05) is 30.3 Å². The molecule has 0 heterocycles. The minimum absolute atomic E-state index is 0.252. The summed E-state index contributed by atoms with van der Waals surface area (Å²) in [5, 5.41) is 0.821. The lowest BCUT2D eigenvalue weighted by molar-refractivity contribution is 0.309. The molecule has 0 spiro atoms. The largest absolute Gasteiger partial charge is 0.494 e. The third kappa shape index (κ3) is 5.05. The van der Waals surface area contributed by atoms with E-state index in [1.165, 1.54) is 5.56 Å². The van der Waals surface area contributed by atoms with E-state index in [2.05, 4.69) is 41.1 Å². The van der Waals surface area contributed by atoms with Crippen LogP contribution in [0.25, 0.3) is 0 Å². The summed E-state index contributed by atoms with van der Waals surface area (Å²) < 4.78 is 5.68. The van der Waals surface area contributed by atoms with Gasteiger partial charge in [-0.1, -0.05) is 71.2 Å². The molecule has 2 rings (SSSR count). The molecule has 0 radical (unpaired) electrons. The van der Waals surface area contributed by atoms with E-state index in [1.54, 1.807) is 0 Å². The first-order valence-electron chi connectivity index (χ1n) is 7.31. The summed E-state index contributed by atoms with van der Waals surface area (Å²) in [6.45, 7) is 2.95. The Balaban J connectivity index is 1.96. The van der Waals surface area contributed by atoms with Gasteiger partial charge in [0.2, 0.25) is 0 Å². The molecule has 0 aliphatic rings. The molecule has 0 fully saturated rings. The molecule has 0 aromatic heterocycles. The van der Waals surface area contributed by atoms with Crippen molar-refractivity contribution in [2.24, 2.45) is 0 Å². The van der Waals surface area contributed by atoms with Crippen LogP contribution in [0.5, 0.6) is 5.75 Å². The van der Waals surface area contributed by atoms with Gasteiger partial charge in [-0.25, -0.2) is 0 Å². The molecule has 0 bridgehead atoms. The van der Waals surface area contributed by atoms with E-state index in [9.17, 15) is 0 Å². The Hall–Kier alpha value is -0.990. The first-order chi connectivity index (χ1) is 10.2. The van der Waals surface area contributed by atoms with Gasteiger partial charge in [0.05, 0.1) is 6.61 Å². The average Bonchev–Trinajstić information content (AvgIpc) is 2.50. The Morgan fingerprint density at radius 3 is 2.48 bits per heavy atom. The van der Waals surface area contributed by atoms with Crippen molar-refractivity contribution in [1.29, 1.82) is 0 Å². The molecule has 112 valence electrons. The second-order valence-corrected chi connectivity index (χ2v) is 6.55. The molecular weight excluding hydrogens is 348 g/mol. The van der Waals surface area contributed by atoms with Crippen molar-refractivity contribution < 1.29 is 4.74 Å². The SMILES string of the molecule is CCCCOc1ccc(C(Br)Cc2ccccc2Cl)cc1. The van der Waals surface area contributed by atoms with Crippen LogP contribution in [0, 0.1) is 0 Å². The monoisotopic (exact) mass is 366 g/mol. The Morgan fingerprint density at radius 1 is 1.10 bits per heavy atom. The van der Waals surface area contributed by atoms with Crippen LogP contribution < -0.4 is 4.74 Å². The van der Waals surface area contributed by atoms with Crippen LogP contribution in [0.15, 0.2) is 48.5 Å². The smallest absolute Gasteiger partial charge is 0.119 e. The molecule has 0 aliphatic carbocycles. The maximum absolute atomic E-state index is 6.21. The Morgan fingerprint density at radius 2 is 1.81 bits per heavy atom. The van der Waals surface area contributed by atoms with Gasteiger partial charge in [-0.05, 0) is 42.2 Å². The van der Waals surface area contributed by atoms with Crippen LogP contribution in [0.4, 0.5) is 0 Å². The van der Waals surface area contributed by atoms with Gasteiger partial charge in [0, 0.05) is 9.85 Å². The number of alkyl halides is 1. The number of ether oxygens (including phenoxy) is 1. The van der Waals surface area contributed by atoms with Crippen molar-refractivity contribution in [1.82, 2.24) is 0 Å². The van der Waals surface area contributed by atoms with E-state index in [-0.39, 0.29) is 4.83 Å². The van der Waals surface area contributed by atoms with Gasteiger partial charge in [-0.3, -0.25) is 0 Å². The third-order valence-electron chi connectivity index (χ3n) is 3.37. The summed E-state index contributed by atoms with van der Waals surface area (Å²) in [5.41, 5.74) is 2.39. The number of benzene rings is 2. The molecule has 0 saturated heterocycles. The van der Waals surface area contributed by atoms with Crippen LogP contribution in [-0.4, -0.2) is 6.61 Å².